The first-order chi connectivity index (χ1) is 7.60. The summed E-state index contributed by atoms with van der Waals surface area (Å²) in [5.74, 6) is -0.469. The summed E-state index contributed by atoms with van der Waals surface area (Å²) in [6.07, 6.45) is -1.86. The number of halogens is 1. The van der Waals surface area contributed by atoms with E-state index < -0.39 is 18.0 Å². The highest BCUT2D eigenvalue weighted by atomic mass is 19.1. The van der Waals surface area contributed by atoms with Crippen LogP contribution in [0.4, 0.5) is 4.39 Å². The SMILES string of the molecule is COc1ccc(C(O)C(O)CCN)cc1F. The predicted molar refractivity (Wildman–Crippen MR) is 57.6 cm³/mol. The van der Waals surface area contributed by atoms with Crippen molar-refractivity contribution in [2.24, 2.45) is 5.73 Å². The van der Waals surface area contributed by atoms with E-state index in [2.05, 4.69) is 0 Å². The van der Waals surface area contributed by atoms with Crippen LogP contribution < -0.4 is 10.5 Å². The highest BCUT2D eigenvalue weighted by Gasteiger charge is 2.18. The number of ether oxygens (including phenoxy) is 1. The molecular weight excluding hydrogens is 213 g/mol. The second-order valence-corrected chi connectivity index (χ2v) is 3.48. The first kappa shape index (κ1) is 12.9. The van der Waals surface area contributed by atoms with Gasteiger partial charge < -0.3 is 20.7 Å². The van der Waals surface area contributed by atoms with Crippen LogP contribution in [-0.4, -0.2) is 30.0 Å². The van der Waals surface area contributed by atoms with E-state index in [0.29, 0.717) is 5.56 Å². The lowest BCUT2D eigenvalue weighted by Gasteiger charge is -2.17. The van der Waals surface area contributed by atoms with E-state index in [4.69, 9.17) is 10.5 Å². The van der Waals surface area contributed by atoms with Gasteiger partial charge in [0.25, 0.3) is 0 Å². The highest BCUT2D eigenvalue weighted by Crippen LogP contribution is 2.24. The maximum absolute atomic E-state index is 13.3. The molecule has 4 N–H and O–H groups in total. The summed E-state index contributed by atoms with van der Waals surface area (Å²) < 4.78 is 18.1. The maximum Gasteiger partial charge on any atom is 0.165 e. The van der Waals surface area contributed by atoms with E-state index >= 15 is 0 Å². The van der Waals surface area contributed by atoms with Crippen molar-refractivity contribution in [2.75, 3.05) is 13.7 Å². The van der Waals surface area contributed by atoms with Gasteiger partial charge in [0.1, 0.15) is 6.10 Å². The second kappa shape index (κ2) is 5.79. The largest absolute Gasteiger partial charge is 0.494 e. The van der Waals surface area contributed by atoms with Crippen LogP contribution in [0.2, 0.25) is 0 Å². The summed E-state index contributed by atoms with van der Waals surface area (Å²) >= 11 is 0. The van der Waals surface area contributed by atoms with Crippen molar-refractivity contribution in [3.8, 4) is 5.75 Å². The molecule has 0 bridgehead atoms. The van der Waals surface area contributed by atoms with Crippen LogP contribution in [0.1, 0.15) is 18.1 Å². The number of benzene rings is 1. The molecule has 0 aliphatic rings. The van der Waals surface area contributed by atoms with E-state index in [9.17, 15) is 14.6 Å². The molecule has 4 nitrogen and oxygen atoms in total. The van der Waals surface area contributed by atoms with Crippen LogP contribution >= 0.6 is 0 Å². The standard InChI is InChI=1S/C11H16FNO3/c1-16-10-3-2-7(6-8(10)12)11(15)9(14)4-5-13/h2-3,6,9,11,14-15H,4-5,13H2,1H3. The molecular formula is C11H16FNO3. The van der Waals surface area contributed by atoms with Crippen LogP contribution in [0.3, 0.4) is 0 Å². The van der Waals surface area contributed by atoms with E-state index in [-0.39, 0.29) is 18.7 Å². The van der Waals surface area contributed by atoms with Crippen molar-refractivity contribution in [1.29, 1.82) is 0 Å². The zero-order valence-corrected chi connectivity index (χ0v) is 9.06. The summed E-state index contributed by atoms with van der Waals surface area (Å²) in [6, 6.07) is 4.05. The molecule has 0 fully saturated rings. The minimum atomic E-state index is -1.14. The van der Waals surface area contributed by atoms with Gasteiger partial charge in [-0.05, 0) is 30.7 Å². The monoisotopic (exact) mass is 229 g/mol. The Bertz CT molecular complexity index is 346. The van der Waals surface area contributed by atoms with E-state index in [1.54, 1.807) is 0 Å². The molecule has 2 atom stereocenters. The third-order valence-electron chi connectivity index (χ3n) is 2.34. The van der Waals surface area contributed by atoms with Crippen molar-refractivity contribution in [2.45, 2.75) is 18.6 Å². The van der Waals surface area contributed by atoms with Gasteiger partial charge in [-0.1, -0.05) is 6.07 Å². The molecule has 0 amide bonds. The first-order valence-corrected chi connectivity index (χ1v) is 4.99. The number of aliphatic hydroxyl groups excluding tert-OH is 2. The summed E-state index contributed by atoms with van der Waals surface area (Å²) in [5, 5.41) is 19.2. The van der Waals surface area contributed by atoms with Crippen molar-refractivity contribution in [3.63, 3.8) is 0 Å². The van der Waals surface area contributed by atoms with Gasteiger partial charge >= 0.3 is 0 Å². The molecule has 0 aliphatic carbocycles. The molecule has 0 saturated heterocycles. The second-order valence-electron chi connectivity index (χ2n) is 3.48. The molecule has 0 heterocycles. The normalized spacial score (nSPS) is 14.6. The van der Waals surface area contributed by atoms with Crippen molar-refractivity contribution in [3.05, 3.63) is 29.6 Å². The number of aliphatic hydroxyl groups is 2. The Morgan fingerprint density at radius 2 is 2.12 bits per heavy atom. The molecule has 0 saturated carbocycles. The lowest BCUT2D eigenvalue weighted by molar-refractivity contribution is 0.0148. The quantitative estimate of drug-likeness (QED) is 0.690. The Hall–Kier alpha value is -1.17. The topological polar surface area (TPSA) is 75.7 Å². The van der Waals surface area contributed by atoms with Gasteiger partial charge in [-0.3, -0.25) is 0 Å². The fourth-order valence-electron chi connectivity index (χ4n) is 1.42. The summed E-state index contributed by atoms with van der Waals surface area (Å²) in [6.45, 7) is 0.261. The van der Waals surface area contributed by atoms with Crippen LogP contribution in [0.15, 0.2) is 18.2 Å². The number of hydrogen-bond donors (Lipinski definition) is 3. The van der Waals surface area contributed by atoms with Crippen molar-refractivity contribution in [1.82, 2.24) is 0 Å². The van der Waals surface area contributed by atoms with Crippen molar-refractivity contribution < 1.29 is 19.3 Å². The predicted octanol–water partition coefficient (Wildman–Crippen LogP) is 0.577. The third-order valence-corrected chi connectivity index (χ3v) is 2.34. The highest BCUT2D eigenvalue weighted by molar-refractivity contribution is 5.30. The Morgan fingerprint density at radius 1 is 1.44 bits per heavy atom. The molecule has 0 radical (unpaired) electrons. The maximum atomic E-state index is 13.3. The smallest absolute Gasteiger partial charge is 0.165 e. The van der Waals surface area contributed by atoms with Crippen LogP contribution in [-0.2, 0) is 0 Å². The fraction of sp³-hybridized carbons (Fsp3) is 0.455. The van der Waals surface area contributed by atoms with Crippen LogP contribution in [0.5, 0.6) is 5.75 Å². The Morgan fingerprint density at radius 3 is 2.62 bits per heavy atom. The Kier molecular flexibility index (Phi) is 4.67. The molecule has 1 aromatic rings. The Balaban J connectivity index is 2.84. The molecule has 90 valence electrons. The van der Waals surface area contributed by atoms with E-state index in [1.807, 2.05) is 0 Å². The van der Waals surface area contributed by atoms with Gasteiger partial charge in [0, 0.05) is 0 Å². The number of methoxy groups -OCH3 is 1. The van der Waals surface area contributed by atoms with Gasteiger partial charge in [-0.15, -0.1) is 0 Å². The molecule has 5 heteroatoms. The summed E-state index contributed by atoms with van der Waals surface area (Å²) in [4.78, 5) is 0. The summed E-state index contributed by atoms with van der Waals surface area (Å²) in [7, 11) is 1.36. The molecule has 16 heavy (non-hydrogen) atoms. The number of nitrogens with two attached hydrogens (primary N) is 1. The minimum Gasteiger partial charge on any atom is -0.494 e. The molecule has 0 spiro atoms. The zero-order valence-electron chi connectivity index (χ0n) is 9.06. The number of hydrogen-bond acceptors (Lipinski definition) is 4. The zero-order chi connectivity index (χ0) is 12.1. The summed E-state index contributed by atoms with van der Waals surface area (Å²) in [5.41, 5.74) is 5.56. The van der Waals surface area contributed by atoms with E-state index in [1.165, 1.54) is 19.2 Å². The first-order valence-electron chi connectivity index (χ1n) is 4.99. The molecule has 2 unspecified atom stereocenters. The van der Waals surface area contributed by atoms with Crippen LogP contribution in [0.25, 0.3) is 0 Å². The molecule has 0 aromatic heterocycles. The third kappa shape index (κ3) is 2.91. The van der Waals surface area contributed by atoms with Gasteiger partial charge in [0.2, 0.25) is 0 Å². The lowest BCUT2D eigenvalue weighted by atomic mass is 10.0. The average Bonchev–Trinajstić information content (AvgIpc) is 2.28. The van der Waals surface area contributed by atoms with E-state index in [0.717, 1.165) is 6.07 Å². The fourth-order valence-corrected chi connectivity index (χ4v) is 1.42. The number of rotatable bonds is 5. The minimum absolute atomic E-state index is 0.101. The van der Waals surface area contributed by atoms with Gasteiger partial charge in [-0.2, -0.15) is 0 Å². The average molecular weight is 229 g/mol. The van der Waals surface area contributed by atoms with Crippen LogP contribution in [0, 0.1) is 5.82 Å². The van der Waals surface area contributed by atoms with Gasteiger partial charge in [0.05, 0.1) is 13.2 Å². The molecule has 1 rings (SSSR count). The molecule has 1 aromatic carbocycles. The lowest BCUT2D eigenvalue weighted by Crippen LogP contribution is -2.21. The van der Waals surface area contributed by atoms with Crippen molar-refractivity contribution >= 4 is 0 Å². The molecule has 0 aliphatic heterocycles. The Labute approximate surface area is 93.5 Å². The van der Waals surface area contributed by atoms with Gasteiger partial charge in [0.15, 0.2) is 11.6 Å². The van der Waals surface area contributed by atoms with Gasteiger partial charge in [-0.25, -0.2) is 4.39 Å².